The molecule has 0 radical (unpaired) electrons. The molecule has 3 aromatic rings. The van der Waals surface area contributed by atoms with Crippen molar-refractivity contribution in [3.8, 4) is 0 Å². The average molecular weight is 462 g/mol. The minimum Gasteiger partial charge on any atom is -0.464 e. The van der Waals surface area contributed by atoms with Crippen LogP contribution < -0.4 is 5.32 Å². The number of methoxy groups -OCH3 is 1. The lowest BCUT2D eigenvalue weighted by Gasteiger charge is -2.28. The lowest BCUT2D eigenvalue weighted by atomic mass is 9.98. The number of aromatic nitrogens is 3. The Balaban J connectivity index is 1.56. The largest absolute Gasteiger partial charge is 0.464 e. The van der Waals surface area contributed by atoms with E-state index in [2.05, 4.69) is 34.4 Å². The van der Waals surface area contributed by atoms with E-state index < -0.39 is 5.97 Å². The number of likely N-dealkylation sites (tertiary alicyclic amines) is 1. The van der Waals surface area contributed by atoms with Crippen LogP contribution in [-0.2, 0) is 9.53 Å². The zero-order valence-electron chi connectivity index (χ0n) is 19.8. The Labute approximate surface area is 199 Å². The van der Waals surface area contributed by atoms with Gasteiger partial charge in [0.15, 0.2) is 5.69 Å². The molecule has 1 aliphatic rings. The number of ether oxygens (including phenoxy) is 1. The molecule has 0 bridgehead atoms. The van der Waals surface area contributed by atoms with Crippen molar-refractivity contribution in [2.75, 3.05) is 20.2 Å². The second-order valence-corrected chi connectivity index (χ2v) is 9.09. The molecule has 2 atom stereocenters. The highest BCUT2D eigenvalue weighted by atomic mass is 16.5. The fourth-order valence-corrected chi connectivity index (χ4v) is 4.56. The predicted octanol–water partition coefficient (Wildman–Crippen LogP) is 3.24. The first kappa shape index (κ1) is 23.6. The van der Waals surface area contributed by atoms with E-state index in [0.717, 1.165) is 17.7 Å². The van der Waals surface area contributed by atoms with Gasteiger partial charge in [-0.15, -0.1) is 5.10 Å². The number of hydrogen-bond acceptors (Lipinski definition) is 6. The van der Waals surface area contributed by atoms with E-state index in [4.69, 9.17) is 4.74 Å². The molecule has 2 aromatic carbocycles. The maximum atomic E-state index is 13.7. The van der Waals surface area contributed by atoms with Gasteiger partial charge in [-0.05, 0) is 23.5 Å². The van der Waals surface area contributed by atoms with Gasteiger partial charge in [0.2, 0.25) is 5.91 Å². The first-order valence-electron chi connectivity index (χ1n) is 11.6. The van der Waals surface area contributed by atoms with Crippen LogP contribution in [0.15, 0.2) is 66.9 Å². The van der Waals surface area contributed by atoms with Gasteiger partial charge in [0.05, 0.1) is 31.4 Å². The number of benzene rings is 2. The number of carbonyl (C=O) groups excluding carboxylic acids is 2. The maximum absolute atomic E-state index is 13.7. The van der Waals surface area contributed by atoms with Gasteiger partial charge < -0.3 is 10.1 Å². The van der Waals surface area contributed by atoms with E-state index >= 15 is 0 Å². The molecule has 0 aliphatic carbocycles. The van der Waals surface area contributed by atoms with Crippen LogP contribution in [0.4, 0.5) is 0 Å². The Kier molecular flexibility index (Phi) is 7.37. The molecule has 1 aromatic heterocycles. The molecule has 0 saturated carbocycles. The highest BCUT2D eigenvalue weighted by molar-refractivity contribution is 5.86. The third-order valence-electron chi connectivity index (χ3n) is 6.12. The van der Waals surface area contributed by atoms with Crippen LogP contribution in [0.2, 0.25) is 0 Å². The molecule has 1 amide bonds. The van der Waals surface area contributed by atoms with Crippen LogP contribution in [0.25, 0.3) is 0 Å². The SMILES string of the molecule is COC(=O)c1cn([C@@H]2C[C@@H](C(=O)NC(c3ccccc3)c3ccccc3)N(CC(C)C)C2)nn1. The van der Waals surface area contributed by atoms with Gasteiger partial charge in [-0.1, -0.05) is 79.7 Å². The van der Waals surface area contributed by atoms with Gasteiger partial charge in [-0.3, -0.25) is 9.69 Å². The Hall–Kier alpha value is -3.52. The highest BCUT2D eigenvalue weighted by Gasteiger charge is 2.39. The molecule has 8 nitrogen and oxygen atoms in total. The second kappa shape index (κ2) is 10.6. The van der Waals surface area contributed by atoms with Crippen LogP contribution in [0.1, 0.15) is 54.0 Å². The van der Waals surface area contributed by atoms with Gasteiger partial charge in [-0.2, -0.15) is 0 Å². The minimum absolute atomic E-state index is 0.0193. The summed E-state index contributed by atoms with van der Waals surface area (Å²) in [5.74, 6) is -0.144. The van der Waals surface area contributed by atoms with Crippen LogP contribution in [0.5, 0.6) is 0 Å². The Morgan fingerprint density at radius 2 is 1.68 bits per heavy atom. The molecule has 4 rings (SSSR count). The molecule has 34 heavy (non-hydrogen) atoms. The topological polar surface area (TPSA) is 89.4 Å². The van der Waals surface area contributed by atoms with E-state index in [0.29, 0.717) is 18.9 Å². The lowest BCUT2D eigenvalue weighted by molar-refractivity contribution is -0.126. The van der Waals surface area contributed by atoms with Crippen LogP contribution in [0, 0.1) is 5.92 Å². The Morgan fingerprint density at radius 1 is 1.06 bits per heavy atom. The van der Waals surface area contributed by atoms with Crippen LogP contribution in [0.3, 0.4) is 0 Å². The van der Waals surface area contributed by atoms with Crippen molar-refractivity contribution in [1.82, 2.24) is 25.2 Å². The van der Waals surface area contributed by atoms with E-state index in [1.54, 1.807) is 10.9 Å². The van der Waals surface area contributed by atoms with E-state index in [9.17, 15) is 9.59 Å². The minimum atomic E-state index is -0.522. The van der Waals surface area contributed by atoms with Crippen molar-refractivity contribution >= 4 is 11.9 Å². The normalized spacial score (nSPS) is 18.4. The number of hydrogen-bond donors (Lipinski definition) is 1. The maximum Gasteiger partial charge on any atom is 0.360 e. The highest BCUT2D eigenvalue weighted by Crippen LogP contribution is 2.30. The molecule has 2 heterocycles. The van der Waals surface area contributed by atoms with E-state index in [1.807, 2.05) is 60.7 Å². The quantitative estimate of drug-likeness (QED) is 0.518. The molecular weight excluding hydrogens is 430 g/mol. The molecule has 1 fully saturated rings. The monoisotopic (exact) mass is 461 g/mol. The zero-order valence-corrected chi connectivity index (χ0v) is 19.8. The molecular formula is C26H31N5O3. The number of nitrogens with zero attached hydrogens (tertiary/aromatic N) is 4. The molecule has 1 saturated heterocycles. The summed E-state index contributed by atoms with van der Waals surface area (Å²) in [5, 5.41) is 11.4. The summed E-state index contributed by atoms with van der Waals surface area (Å²) in [5.41, 5.74) is 2.23. The van der Waals surface area contributed by atoms with Crippen molar-refractivity contribution in [2.24, 2.45) is 5.92 Å². The smallest absolute Gasteiger partial charge is 0.360 e. The molecule has 1 aliphatic heterocycles. The first-order chi connectivity index (χ1) is 16.5. The summed E-state index contributed by atoms with van der Waals surface area (Å²) in [6.07, 6.45) is 2.18. The summed E-state index contributed by atoms with van der Waals surface area (Å²) >= 11 is 0. The summed E-state index contributed by atoms with van der Waals surface area (Å²) in [6.45, 7) is 5.73. The lowest BCUT2D eigenvalue weighted by Crippen LogP contribution is -2.45. The summed E-state index contributed by atoms with van der Waals surface area (Å²) < 4.78 is 6.42. The first-order valence-corrected chi connectivity index (χ1v) is 11.6. The standard InChI is InChI=1S/C26H31N5O3/c1-18(2)15-30-16-21(31-17-22(28-29-31)26(33)34-3)14-23(30)25(32)27-24(19-10-6-4-7-11-19)20-12-8-5-9-13-20/h4-13,17-18,21,23-24H,14-16H2,1-3H3,(H,27,32)/t21-,23+/m1/s1. The van der Waals surface area contributed by atoms with Gasteiger partial charge in [0.1, 0.15) is 0 Å². The molecule has 8 heteroatoms. The summed E-state index contributed by atoms with van der Waals surface area (Å²) in [4.78, 5) is 27.7. The number of nitrogens with one attached hydrogen (secondary N) is 1. The molecule has 1 N–H and O–H groups in total. The van der Waals surface area contributed by atoms with Crippen LogP contribution in [-0.4, -0.2) is 58.0 Å². The van der Waals surface area contributed by atoms with E-state index in [1.165, 1.54) is 7.11 Å². The predicted molar refractivity (Wildman–Crippen MR) is 128 cm³/mol. The fourth-order valence-electron chi connectivity index (χ4n) is 4.56. The van der Waals surface area contributed by atoms with Crippen molar-refractivity contribution in [1.29, 1.82) is 0 Å². The second-order valence-electron chi connectivity index (χ2n) is 9.09. The van der Waals surface area contributed by atoms with Gasteiger partial charge in [0.25, 0.3) is 0 Å². The average Bonchev–Trinajstić information content (AvgIpc) is 3.50. The Bertz CT molecular complexity index is 1060. The Morgan fingerprint density at radius 3 is 2.24 bits per heavy atom. The van der Waals surface area contributed by atoms with Crippen molar-refractivity contribution in [2.45, 2.75) is 38.4 Å². The van der Waals surface area contributed by atoms with Gasteiger partial charge in [0, 0.05) is 13.1 Å². The summed E-state index contributed by atoms with van der Waals surface area (Å²) in [7, 11) is 1.32. The number of esters is 1. The van der Waals surface area contributed by atoms with Gasteiger partial charge in [-0.25, -0.2) is 9.48 Å². The molecule has 0 unspecified atom stereocenters. The van der Waals surface area contributed by atoms with Crippen molar-refractivity contribution in [3.05, 3.63) is 83.7 Å². The zero-order chi connectivity index (χ0) is 24.1. The fraction of sp³-hybridized carbons (Fsp3) is 0.385. The number of rotatable bonds is 8. The van der Waals surface area contributed by atoms with Gasteiger partial charge >= 0.3 is 5.97 Å². The summed E-state index contributed by atoms with van der Waals surface area (Å²) in [6, 6.07) is 19.4. The third kappa shape index (κ3) is 5.34. The molecule has 178 valence electrons. The van der Waals surface area contributed by atoms with Crippen molar-refractivity contribution in [3.63, 3.8) is 0 Å². The van der Waals surface area contributed by atoms with E-state index in [-0.39, 0.29) is 29.7 Å². The number of carbonyl (C=O) groups is 2. The molecule has 0 spiro atoms. The third-order valence-corrected chi connectivity index (χ3v) is 6.12. The van der Waals surface area contributed by atoms with Crippen molar-refractivity contribution < 1.29 is 14.3 Å². The number of amides is 1. The van der Waals surface area contributed by atoms with Crippen LogP contribution >= 0.6 is 0 Å².